The Hall–Kier alpha value is -1.71. The number of carbonyl (C=O) groups excluding carboxylic acids is 2. The number of rotatable bonds is 4. The van der Waals surface area contributed by atoms with Crippen molar-refractivity contribution in [2.75, 3.05) is 6.61 Å². The van der Waals surface area contributed by atoms with Gasteiger partial charge in [-0.3, -0.25) is 14.6 Å². The molecule has 1 aromatic heterocycles. The molecule has 15 heavy (non-hydrogen) atoms. The highest BCUT2D eigenvalue weighted by atomic mass is 16.5. The first-order valence-electron chi connectivity index (χ1n) is 4.74. The van der Waals surface area contributed by atoms with Crippen molar-refractivity contribution in [3.63, 3.8) is 0 Å². The van der Waals surface area contributed by atoms with E-state index in [1.807, 2.05) is 0 Å². The van der Waals surface area contributed by atoms with Crippen molar-refractivity contribution in [2.45, 2.75) is 19.8 Å². The Labute approximate surface area is 88.3 Å². The van der Waals surface area contributed by atoms with Crippen LogP contribution in [0.25, 0.3) is 0 Å². The Balaban J connectivity index is 2.94. The summed E-state index contributed by atoms with van der Waals surface area (Å²) < 4.78 is 4.82. The van der Waals surface area contributed by atoms with Gasteiger partial charge in [0, 0.05) is 6.20 Å². The molecule has 80 valence electrons. The van der Waals surface area contributed by atoms with Gasteiger partial charge in [-0.25, -0.2) is 0 Å². The van der Waals surface area contributed by atoms with Crippen LogP contribution < -0.4 is 0 Å². The highest BCUT2D eigenvalue weighted by molar-refractivity contribution is 6.02. The minimum absolute atomic E-state index is 0.257. The highest BCUT2D eigenvalue weighted by Gasteiger charge is 2.27. The van der Waals surface area contributed by atoms with Gasteiger partial charge in [-0.1, -0.05) is 6.07 Å². The molecule has 1 unspecified atom stereocenters. The van der Waals surface area contributed by atoms with Crippen LogP contribution in [0.5, 0.6) is 0 Å². The molecular weight excluding hydrogens is 194 g/mol. The summed E-state index contributed by atoms with van der Waals surface area (Å²) in [5.41, 5.74) is 0.434. The minimum Gasteiger partial charge on any atom is -0.465 e. The Kier molecular flexibility index (Phi) is 3.97. The first-order valence-corrected chi connectivity index (χ1v) is 4.74. The van der Waals surface area contributed by atoms with E-state index in [1.54, 1.807) is 31.3 Å². The molecule has 0 N–H and O–H groups in total. The van der Waals surface area contributed by atoms with Crippen LogP contribution >= 0.6 is 0 Å². The average molecular weight is 207 g/mol. The van der Waals surface area contributed by atoms with Gasteiger partial charge in [0.25, 0.3) is 0 Å². The predicted octanol–water partition coefficient (Wildman–Crippen LogP) is 1.32. The maximum atomic E-state index is 11.5. The Morgan fingerprint density at radius 2 is 2.20 bits per heavy atom. The van der Waals surface area contributed by atoms with E-state index in [0.717, 1.165) is 0 Å². The number of hydrogen-bond donors (Lipinski definition) is 0. The highest BCUT2D eigenvalue weighted by Crippen LogP contribution is 2.15. The van der Waals surface area contributed by atoms with E-state index in [4.69, 9.17) is 4.74 Å². The van der Waals surface area contributed by atoms with E-state index in [2.05, 4.69) is 4.98 Å². The summed E-state index contributed by atoms with van der Waals surface area (Å²) in [6, 6.07) is 5.10. The molecule has 4 nitrogen and oxygen atoms in total. The molecule has 4 heteroatoms. The Bertz CT molecular complexity index is 348. The predicted molar refractivity (Wildman–Crippen MR) is 54.3 cm³/mol. The van der Waals surface area contributed by atoms with Crippen molar-refractivity contribution in [3.05, 3.63) is 30.1 Å². The summed E-state index contributed by atoms with van der Waals surface area (Å²) in [7, 11) is 0. The smallest absolute Gasteiger partial charge is 0.322 e. The number of ketones is 1. The van der Waals surface area contributed by atoms with Gasteiger partial charge in [-0.15, -0.1) is 0 Å². The molecule has 0 radical (unpaired) electrons. The quantitative estimate of drug-likeness (QED) is 0.552. The molecule has 1 heterocycles. The summed E-state index contributed by atoms with van der Waals surface area (Å²) in [6.07, 6.45) is 1.55. The van der Waals surface area contributed by atoms with Crippen LogP contribution in [0, 0.1) is 0 Å². The zero-order valence-electron chi connectivity index (χ0n) is 8.77. The van der Waals surface area contributed by atoms with E-state index in [-0.39, 0.29) is 12.4 Å². The lowest BCUT2D eigenvalue weighted by Gasteiger charge is -2.11. The van der Waals surface area contributed by atoms with Crippen molar-refractivity contribution in [2.24, 2.45) is 0 Å². The van der Waals surface area contributed by atoms with Gasteiger partial charge in [-0.05, 0) is 26.0 Å². The van der Waals surface area contributed by atoms with Gasteiger partial charge < -0.3 is 4.74 Å². The molecule has 0 fully saturated rings. The molecule has 0 aliphatic rings. The minimum atomic E-state index is -0.897. The largest absolute Gasteiger partial charge is 0.465 e. The van der Waals surface area contributed by atoms with E-state index in [0.29, 0.717) is 5.69 Å². The first-order chi connectivity index (χ1) is 7.16. The molecule has 0 amide bonds. The zero-order chi connectivity index (χ0) is 11.3. The van der Waals surface area contributed by atoms with Crippen molar-refractivity contribution in [1.82, 2.24) is 4.98 Å². The molecule has 0 bridgehead atoms. The van der Waals surface area contributed by atoms with Gasteiger partial charge in [0.05, 0.1) is 12.3 Å². The second-order valence-corrected chi connectivity index (χ2v) is 3.05. The van der Waals surface area contributed by atoms with Crippen molar-refractivity contribution < 1.29 is 14.3 Å². The van der Waals surface area contributed by atoms with Gasteiger partial charge >= 0.3 is 5.97 Å². The number of carbonyl (C=O) groups is 2. The number of nitrogens with zero attached hydrogens (tertiary/aromatic N) is 1. The lowest BCUT2D eigenvalue weighted by atomic mass is 10.0. The maximum absolute atomic E-state index is 11.5. The van der Waals surface area contributed by atoms with E-state index >= 15 is 0 Å². The SMILES string of the molecule is CCOC(=O)C(C(C)=O)c1ccccn1. The second-order valence-electron chi connectivity index (χ2n) is 3.05. The number of aromatic nitrogens is 1. The number of pyridine rings is 1. The van der Waals surface area contributed by atoms with Gasteiger partial charge in [0.1, 0.15) is 5.78 Å². The molecular formula is C11H13NO3. The second kappa shape index (κ2) is 5.24. The van der Waals surface area contributed by atoms with Crippen LogP contribution in [0.3, 0.4) is 0 Å². The normalized spacial score (nSPS) is 11.9. The van der Waals surface area contributed by atoms with Gasteiger partial charge in [-0.2, -0.15) is 0 Å². The third kappa shape index (κ3) is 2.87. The Morgan fingerprint density at radius 3 is 2.67 bits per heavy atom. The molecule has 0 saturated carbocycles. The lowest BCUT2D eigenvalue weighted by molar-refractivity contribution is -0.147. The third-order valence-corrected chi connectivity index (χ3v) is 1.91. The van der Waals surface area contributed by atoms with E-state index < -0.39 is 11.9 Å². The molecule has 0 saturated heterocycles. The molecule has 0 spiro atoms. The lowest BCUT2D eigenvalue weighted by Crippen LogP contribution is -2.23. The molecule has 0 aliphatic carbocycles. The monoisotopic (exact) mass is 207 g/mol. The molecule has 0 aliphatic heterocycles. The summed E-state index contributed by atoms with van der Waals surface area (Å²) >= 11 is 0. The van der Waals surface area contributed by atoms with Crippen LogP contribution in [0.4, 0.5) is 0 Å². The number of hydrogen-bond acceptors (Lipinski definition) is 4. The summed E-state index contributed by atoms with van der Waals surface area (Å²) in [5, 5.41) is 0. The van der Waals surface area contributed by atoms with Gasteiger partial charge in [0.2, 0.25) is 0 Å². The molecule has 1 rings (SSSR count). The summed E-state index contributed by atoms with van der Waals surface area (Å²) in [6.45, 7) is 3.32. The maximum Gasteiger partial charge on any atom is 0.322 e. The standard InChI is InChI=1S/C11H13NO3/c1-3-15-11(14)10(8(2)13)9-6-4-5-7-12-9/h4-7,10H,3H2,1-2H3. The van der Waals surface area contributed by atoms with Crippen molar-refractivity contribution >= 4 is 11.8 Å². The fraction of sp³-hybridized carbons (Fsp3) is 0.364. The van der Waals surface area contributed by atoms with Crippen molar-refractivity contribution in [3.8, 4) is 0 Å². The van der Waals surface area contributed by atoms with Gasteiger partial charge in [0.15, 0.2) is 5.92 Å². The third-order valence-electron chi connectivity index (χ3n) is 1.91. The molecule has 0 aromatic carbocycles. The van der Waals surface area contributed by atoms with Crippen LogP contribution in [0.1, 0.15) is 25.5 Å². The number of ether oxygens (including phenoxy) is 1. The fourth-order valence-electron chi connectivity index (χ4n) is 1.27. The van der Waals surface area contributed by atoms with Crippen LogP contribution in [-0.4, -0.2) is 23.3 Å². The topological polar surface area (TPSA) is 56.3 Å². The van der Waals surface area contributed by atoms with Crippen LogP contribution in [-0.2, 0) is 14.3 Å². The van der Waals surface area contributed by atoms with E-state index in [1.165, 1.54) is 6.92 Å². The zero-order valence-corrected chi connectivity index (χ0v) is 8.77. The first kappa shape index (κ1) is 11.4. The fourth-order valence-corrected chi connectivity index (χ4v) is 1.27. The van der Waals surface area contributed by atoms with Crippen molar-refractivity contribution in [1.29, 1.82) is 0 Å². The number of Topliss-reactive ketones (excluding diaryl/α,β-unsaturated/α-hetero) is 1. The molecule has 1 aromatic rings. The van der Waals surface area contributed by atoms with E-state index in [9.17, 15) is 9.59 Å². The Morgan fingerprint density at radius 1 is 1.47 bits per heavy atom. The van der Waals surface area contributed by atoms with Crippen LogP contribution in [0.15, 0.2) is 24.4 Å². The summed E-state index contributed by atoms with van der Waals surface area (Å²) in [4.78, 5) is 26.8. The number of esters is 1. The van der Waals surface area contributed by atoms with Crippen LogP contribution in [0.2, 0.25) is 0 Å². The summed E-state index contributed by atoms with van der Waals surface area (Å²) in [5.74, 6) is -1.69. The average Bonchev–Trinajstić information content (AvgIpc) is 2.19. The molecule has 1 atom stereocenters.